The molecule has 8 heteroatoms. The summed E-state index contributed by atoms with van der Waals surface area (Å²) < 4.78 is 54.3. The van der Waals surface area contributed by atoms with Crippen molar-refractivity contribution in [3.05, 3.63) is 29.8 Å². The number of halogens is 2. The van der Waals surface area contributed by atoms with Crippen molar-refractivity contribution in [2.24, 2.45) is 0 Å². The molecular weight excluding hydrogens is 266 g/mol. The molecule has 5 nitrogen and oxygen atoms in total. The molecule has 18 heavy (non-hydrogen) atoms. The maximum absolute atomic E-state index is 13.6. The number of nitrogens with zero attached hydrogens (tertiary/aromatic N) is 1. The van der Waals surface area contributed by atoms with Crippen LogP contribution in [0, 0.1) is 11.6 Å². The molecule has 0 radical (unpaired) electrons. The topological polar surface area (TPSA) is 86.2 Å². The number of anilines is 1. The zero-order chi connectivity index (χ0) is 13.5. The first-order valence-electron chi connectivity index (χ1n) is 4.70. The second-order valence-electron chi connectivity index (χ2n) is 3.66. The molecule has 2 N–H and O–H groups in total. The van der Waals surface area contributed by atoms with E-state index in [2.05, 4.69) is 5.16 Å². The third-order valence-corrected chi connectivity index (χ3v) is 3.31. The van der Waals surface area contributed by atoms with E-state index in [1.807, 2.05) is 0 Å². The summed E-state index contributed by atoms with van der Waals surface area (Å²) in [7, 11) is -3.98. The highest BCUT2D eigenvalue weighted by atomic mass is 32.2. The predicted molar refractivity (Wildman–Crippen MR) is 59.4 cm³/mol. The Morgan fingerprint density at radius 1 is 1.22 bits per heavy atom. The fourth-order valence-electron chi connectivity index (χ4n) is 1.48. The third-order valence-electron chi connectivity index (χ3n) is 2.18. The normalized spacial score (nSPS) is 11.7. The second-order valence-corrected chi connectivity index (χ2v) is 5.61. The zero-order valence-electron chi connectivity index (χ0n) is 9.15. The number of nitrogen functional groups attached to an aromatic ring is 1. The van der Waals surface area contributed by atoms with Gasteiger partial charge in [0, 0.05) is 17.9 Å². The van der Waals surface area contributed by atoms with Crippen molar-refractivity contribution in [3.63, 3.8) is 0 Å². The number of hydrogen-bond donors (Lipinski definition) is 1. The number of rotatable bonds is 2. The van der Waals surface area contributed by atoms with E-state index in [0.29, 0.717) is 0 Å². The lowest BCUT2D eigenvalue weighted by Crippen LogP contribution is -2.04. The number of aromatic nitrogens is 1. The van der Waals surface area contributed by atoms with E-state index in [0.717, 1.165) is 18.4 Å². The molecule has 96 valence electrons. The van der Waals surface area contributed by atoms with Gasteiger partial charge in [-0.15, -0.1) is 0 Å². The van der Waals surface area contributed by atoms with Gasteiger partial charge in [0.05, 0.1) is 0 Å². The number of benzene rings is 1. The van der Waals surface area contributed by atoms with Gasteiger partial charge < -0.3 is 10.3 Å². The van der Waals surface area contributed by atoms with Crippen molar-refractivity contribution in [3.8, 4) is 11.3 Å². The minimum Gasteiger partial charge on any atom is -0.381 e. The van der Waals surface area contributed by atoms with Gasteiger partial charge in [0.1, 0.15) is 16.5 Å². The van der Waals surface area contributed by atoms with Gasteiger partial charge in [-0.05, 0) is 12.1 Å². The van der Waals surface area contributed by atoms with Crippen molar-refractivity contribution in [2.45, 2.75) is 4.90 Å². The van der Waals surface area contributed by atoms with Crippen LogP contribution in [0.15, 0.2) is 27.6 Å². The van der Waals surface area contributed by atoms with Crippen LogP contribution in [0.4, 0.5) is 14.6 Å². The van der Waals surface area contributed by atoms with E-state index in [1.54, 1.807) is 0 Å². The largest absolute Gasteiger partial charge is 0.381 e. The van der Waals surface area contributed by atoms with Gasteiger partial charge in [0.15, 0.2) is 21.4 Å². The van der Waals surface area contributed by atoms with Gasteiger partial charge >= 0.3 is 0 Å². The lowest BCUT2D eigenvalue weighted by molar-refractivity contribution is 0.434. The van der Waals surface area contributed by atoms with Crippen LogP contribution in [0.3, 0.4) is 0 Å². The van der Waals surface area contributed by atoms with E-state index in [4.69, 9.17) is 10.3 Å². The van der Waals surface area contributed by atoms with Gasteiger partial charge in [-0.2, -0.15) is 0 Å². The Balaban J connectivity index is 2.63. The maximum Gasteiger partial charge on any atom is 0.181 e. The summed E-state index contributed by atoms with van der Waals surface area (Å²) in [6, 6.07) is 2.97. The van der Waals surface area contributed by atoms with E-state index < -0.39 is 26.4 Å². The van der Waals surface area contributed by atoms with Gasteiger partial charge in [0.25, 0.3) is 0 Å². The molecule has 0 saturated heterocycles. The molecule has 2 rings (SSSR count). The van der Waals surface area contributed by atoms with Crippen molar-refractivity contribution in [1.82, 2.24) is 5.16 Å². The summed E-state index contributed by atoms with van der Waals surface area (Å²) in [4.78, 5) is -0.973. The molecule has 0 fully saturated rings. The van der Waals surface area contributed by atoms with Crippen molar-refractivity contribution >= 4 is 15.7 Å². The lowest BCUT2D eigenvalue weighted by atomic mass is 10.1. The second kappa shape index (κ2) is 4.05. The summed E-state index contributed by atoms with van der Waals surface area (Å²) in [5, 5.41) is 3.36. The van der Waals surface area contributed by atoms with Crippen LogP contribution in [0.1, 0.15) is 0 Å². The Kier molecular flexibility index (Phi) is 2.81. The quantitative estimate of drug-likeness (QED) is 0.899. The molecule has 0 atom stereocenters. The Labute approximate surface area is 101 Å². The molecule has 2 aromatic rings. The highest BCUT2D eigenvalue weighted by molar-refractivity contribution is 7.90. The van der Waals surface area contributed by atoms with Crippen LogP contribution >= 0.6 is 0 Å². The molecule has 0 unspecified atom stereocenters. The minimum atomic E-state index is -3.98. The fraction of sp³-hybridized carbons (Fsp3) is 0.100. The van der Waals surface area contributed by atoms with Gasteiger partial charge in [-0.1, -0.05) is 5.16 Å². The number of nitrogens with two attached hydrogens (primary N) is 1. The summed E-state index contributed by atoms with van der Waals surface area (Å²) in [5.74, 6) is -2.28. The summed E-state index contributed by atoms with van der Waals surface area (Å²) in [6.07, 6.45) is 0.723. The fourth-order valence-corrected chi connectivity index (χ4v) is 2.31. The van der Waals surface area contributed by atoms with Crippen molar-refractivity contribution in [1.29, 1.82) is 0 Å². The molecular formula is C10H8F2N2O3S. The zero-order valence-corrected chi connectivity index (χ0v) is 9.96. The lowest BCUT2D eigenvalue weighted by Gasteiger charge is -2.04. The molecule has 0 amide bonds. The Morgan fingerprint density at radius 3 is 2.17 bits per heavy atom. The summed E-state index contributed by atoms with van der Waals surface area (Å²) >= 11 is 0. The first kappa shape index (κ1) is 12.5. The average molecular weight is 274 g/mol. The third kappa shape index (κ3) is 2.19. The van der Waals surface area contributed by atoms with Crippen molar-refractivity contribution < 1.29 is 21.7 Å². The van der Waals surface area contributed by atoms with Crippen LogP contribution in [0.25, 0.3) is 11.3 Å². The molecule has 1 aromatic heterocycles. The molecule has 0 aliphatic heterocycles. The maximum atomic E-state index is 13.6. The average Bonchev–Trinajstić information content (AvgIpc) is 2.61. The highest BCUT2D eigenvalue weighted by Gasteiger charge is 2.21. The standard InChI is InChI=1S/C10H8F2N2O3S/c1-18(15,16)10-6(11)2-5(3-7(10)12)8-4-9(13)14-17-8/h2-4H,1H3,(H2,13,14). The number of sulfone groups is 1. The van der Waals surface area contributed by atoms with Crippen LogP contribution < -0.4 is 5.73 Å². The first-order chi connectivity index (χ1) is 8.29. The first-order valence-corrected chi connectivity index (χ1v) is 6.60. The molecule has 1 aromatic carbocycles. The predicted octanol–water partition coefficient (Wildman–Crippen LogP) is 1.61. The van der Waals surface area contributed by atoms with Crippen LogP contribution in [-0.2, 0) is 9.84 Å². The smallest absolute Gasteiger partial charge is 0.181 e. The molecule has 0 bridgehead atoms. The van der Waals surface area contributed by atoms with E-state index >= 15 is 0 Å². The van der Waals surface area contributed by atoms with E-state index in [9.17, 15) is 17.2 Å². The SMILES string of the molecule is CS(=O)(=O)c1c(F)cc(-c2cc(N)no2)cc1F. The number of hydrogen-bond acceptors (Lipinski definition) is 5. The molecule has 0 aliphatic carbocycles. The Morgan fingerprint density at radius 2 is 1.78 bits per heavy atom. The molecule has 0 spiro atoms. The van der Waals surface area contributed by atoms with Gasteiger partial charge in [0.2, 0.25) is 0 Å². The highest BCUT2D eigenvalue weighted by Crippen LogP contribution is 2.27. The monoisotopic (exact) mass is 274 g/mol. The minimum absolute atomic E-state index is 0.0154. The molecule has 0 aliphatic rings. The van der Waals surface area contributed by atoms with Crippen LogP contribution in [0.2, 0.25) is 0 Å². The Bertz CT molecular complexity index is 687. The Hall–Kier alpha value is -1.96. The van der Waals surface area contributed by atoms with E-state index in [-0.39, 0.29) is 17.1 Å². The summed E-state index contributed by atoms with van der Waals surface area (Å²) in [5.41, 5.74) is 5.32. The van der Waals surface area contributed by atoms with Gasteiger partial charge in [-0.3, -0.25) is 0 Å². The van der Waals surface area contributed by atoms with Crippen molar-refractivity contribution in [2.75, 3.05) is 12.0 Å². The molecule has 0 saturated carbocycles. The molecule has 1 heterocycles. The van der Waals surface area contributed by atoms with Crippen LogP contribution in [-0.4, -0.2) is 19.8 Å². The van der Waals surface area contributed by atoms with Gasteiger partial charge in [-0.25, -0.2) is 17.2 Å². The van der Waals surface area contributed by atoms with Crippen LogP contribution in [0.5, 0.6) is 0 Å². The van der Waals surface area contributed by atoms with E-state index in [1.165, 1.54) is 6.07 Å². The summed E-state index contributed by atoms with van der Waals surface area (Å²) in [6.45, 7) is 0.